The van der Waals surface area contributed by atoms with Crippen molar-refractivity contribution in [2.75, 3.05) is 6.26 Å². The number of thiol groups is 2. The number of nitrogens with zero attached hydrogens (tertiary/aromatic N) is 1. The highest BCUT2D eigenvalue weighted by Crippen LogP contribution is 2.61. The number of benzene rings is 1. The van der Waals surface area contributed by atoms with Gasteiger partial charge in [-0.1, -0.05) is 6.07 Å². The van der Waals surface area contributed by atoms with Gasteiger partial charge in [-0.25, -0.2) is 0 Å². The molecular weight excluding hydrogens is 226 g/mol. The molecule has 0 N–H and O–H groups in total. The van der Waals surface area contributed by atoms with Crippen molar-refractivity contribution in [3.8, 4) is 0 Å². The van der Waals surface area contributed by atoms with E-state index in [0.717, 1.165) is 4.90 Å². The van der Waals surface area contributed by atoms with Gasteiger partial charge in [-0.3, -0.25) is 10.1 Å². The SMILES string of the molecule is CS(S)(S)c1cccc([N+](=O)[O-])c1. The van der Waals surface area contributed by atoms with E-state index in [-0.39, 0.29) is 5.69 Å². The average molecular weight is 235 g/mol. The normalized spacial score (nSPS) is 12.5. The lowest BCUT2D eigenvalue weighted by Gasteiger charge is -2.22. The van der Waals surface area contributed by atoms with Crippen molar-refractivity contribution >= 4 is 37.1 Å². The molecule has 0 aliphatic rings. The van der Waals surface area contributed by atoms with Gasteiger partial charge in [0.2, 0.25) is 0 Å². The van der Waals surface area contributed by atoms with Crippen molar-refractivity contribution in [3.05, 3.63) is 34.4 Å². The van der Waals surface area contributed by atoms with E-state index in [4.69, 9.17) is 0 Å². The number of hydrogen-bond donors (Lipinski definition) is 2. The molecule has 0 fully saturated rings. The van der Waals surface area contributed by atoms with E-state index in [0.29, 0.717) is 0 Å². The molecule has 0 radical (unpaired) electrons. The molecule has 0 aromatic heterocycles. The van der Waals surface area contributed by atoms with Crippen molar-refractivity contribution in [1.82, 2.24) is 0 Å². The molecule has 0 aliphatic heterocycles. The van der Waals surface area contributed by atoms with Gasteiger partial charge in [-0.15, -0.1) is 31.4 Å². The standard InChI is InChI=1S/C7H9NO2S3/c1-13(11,12)7-4-2-3-6(5-7)8(9)10/h2-5,11-12H,1H3. The lowest BCUT2D eigenvalue weighted by molar-refractivity contribution is -0.385. The fourth-order valence-corrected chi connectivity index (χ4v) is 2.20. The summed E-state index contributed by atoms with van der Waals surface area (Å²) in [6, 6.07) is 6.40. The minimum Gasteiger partial charge on any atom is -0.258 e. The maximum Gasteiger partial charge on any atom is 0.270 e. The highest BCUT2D eigenvalue weighted by Gasteiger charge is 2.13. The second-order valence-electron chi connectivity index (χ2n) is 2.59. The molecule has 0 heterocycles. The van der Waals surface area contributed by atoms with E-state index >= 15 is 0 Å². The van der Waals surface area contributed by atoms with Crippen LogP contribution in [0.5, 0.6) is 0 Å². The van der Waals surface area contributed by atoms with Gasteiger partial charge < -0.3 is 0 Å². The van der Waals surface area contributed by atoms with E-state index in [1.807, 2.05) is 6.26 Å². The van der Waals surface area contributed by atoms with Gasteiger partial charge in [0.25, 0.3) is 5.69 Å². The molecule has 0 atom stereocenters. The van der Waals surface area contributed by atoms with Crippen LogP contribution in [-0.4, -0.2) is 11.2 Å². The first-order valence-corrected chi connectivity index (χ1v) is 7.53. The van der Waals surface area contributed by atoms with Gasteiger partial charge in [-0.2, -0.15) is 0 Å². The van der Waals surface area contributed by atoms with Gasteiger partial charge in [-0.05, 0) is 12.3 Å². The van der Waals surface area contributed by atoms with Crippen molar-refractivity contribution in [3.63, 3.8) is 0 Å². The zero-order valence-electron chi connectivity index (χ0n) is 6.88. The summed E-state index contributed by atoms with van der Waals surface area (Å²) in [4.78, 5) is 10.8. The van der Waals surface area contributed by atoms with E-state index in [2.05, 4.69) is 23.3 Å². The van der Waals surface area contributed by atoms with Gasteiger partial charge in [0.05, 0.1) is 4.92 Å². The Labute approximate surface area is 87.6 Å². The summed E-state index contributed by atoms with van der Waals surface area (Å²) < 4.78 is 0. The van der Waals surface area contributed by atoms with E-state index in [9.17, 15) is 10.1 Å². The molecule has 0 saturated carbocycles. The third-order valence-corrected chi connectivity index (χ3v) is 3.89. The molecule has 1 aromatic rings. The molecule has 72 valence electrons. The molecular formula is C7H9NO2S3. The second kappa shape index (κ2) is 3.81. The fourth-order valence-electron chi connectivity index (χ4n) is 0.838. The quantitative estimate of drug-likeness (QED) is 0.358. The van der Waals surface area contributed by atoms with Gasteiger partial charge >= 0.3 is 0 Å². The van der Waals surface area contributed by atoms with Crippen molar-refractivity contribution in [2.24, 2.45) is 0 Å². The maximum atomic E-state index is 10.4. The molecule has 0 spiro atoms. The van der Waals surface area contributed by atoms with Crippen LogP contribution in [0.2, 0.25) is 0 Å². The Kier molecular flexibility index (Phi) is 3.15. The largest absolute Gasteiger partial charge is 0.270 e. The number of rotatable bonds is 2. The summed E-state index contributed by atoms with van der Waals surface area (Å²) in [6.45, 7) is 0. The van der Waals surface area contributed by atoms with Crippen molar-refractivity contribution < 1.29 is 4.92 Å². The Hall–Kier alpha value is -0.330. The second-order valence-corrected chi connectivity index (χ2v) is 9.97. The van der Waals surface area contributed by atoms with E-state index < -0.39 is 13.0 Å². The molecule has 1 aromatic carbocycles. The fraction of sp³-hybridized carbons (Fsp3) is 0.143. The van der Waals surface area contributed by atoms with Crippen LogP contribution >= 0.6 is 31.4 Å². The highest BCUT2D eigenvalue weighted by atomic mass is 33.5. The summed E-state index contributed by atoms with van der Waals surface area (Å²) in [6.07, 6.45) is 1.85. The van der Waals surface area contributed by atoms with Crippen LogP contribution in [0.3, 0.4) is 0 Å². The Balaban J connectivity index is 3.13. The summed E-state index contributed by atoms with van der Waals surface area (Å²) in [5.74, 6) is 0. The summed E-state index contributed by atoms with van der Waals surface area (Å²) in [5.41, 5.74) is 0.0827. The summed E-state index contributed by atoms with van der Waals surface area (Å²) >= 11 is 8.57. The Morgan fingerprint density at radius 3 is 2.54 bits per heavy atom. The average Bonchev–Trinajstić information content (AvgIpc) is 2.03. The van der Waals surface area contributed by atoms with Crippen LogP contribution in [-0.2, 0) is 0 Å². The molecule has 1 rings (SSSR count). The van der Waals surface area contributed by atoms with Crippen LogP contribution in [0.25, 0.3) is 0 Å². The van der Waals surface area contributed by atoms with Gasteiger partial charge in [0.15, 0.2) is 0 Å². The molecule has 13 heavy (non-hydrogen) atoms. The first kappa shape index (κ1) is 10.7. The lowest BCUT2D eigenvalue weighted by Crippen LogP contribution is -1.89. The summed E-state index contributed by atoms with van der Waals surface area (Å²) in [5, 5.41) is 10.4. The van der Waals surface area contributed by atoms with Crippen LogP contribution in [0.1, 0.15) is 0 Å². The molecule has 0 saturated heterocycles. The number of non-ortho nitro benzene ring substituents is 1. The number of nitro benzene ring substituents is 1. The summed E-state index contributed by atoms with van der Waals surface area (Å²) in [7, 11) is -1.47. The van der Waals surface area contributed by atoms with Gasteiger partial charge in [0, 0.05) is 17.0 Å². The molecule has 3 nitrogen and oxygen atoms in total. The van der Waals surface area contributed by atoms with E-state index in [1.54, 1.807) is 12.1 Å². The highest BCUT2D eigenvalue weighted by molar-refractivity contribution is 9.17. The van der Waals surface area contributed by atoms with Crippen LogP contribution in [0, 0.1) is 10.1 Å². The minimum absolute atomic E-state index is 0.0827. The first-order valence-electron chi connectivity index (χ1n) is 3.39. The Bertz CT molecular complexity index is 335. The van der Waals surface area contributed by atoms with Crippen LogP contribution in [0.15, 0.2) is 29.2 Å². The van der Waals surface area contributed by atoms with Crippen molar-refractivity contribution in [2.45, 2.75) is 4.90 Å². The molecule has 0 unspecified atom stereocenters. The zero-order valence-corrected chi connectivity index (χ0v) is 9.48. The van der Waals surface area contributed by atoms with E-state index in [1.165, 1.54) is 12.1 Å². The van der Waals surface area contributed by atoms with Crippen molar-refractivity contribution in [1.29, 1.82) is 0 Å². The molecule has 6 heteroatoms. The third kappa shape index (κ3) is 2.82. The van der Waals surface area contributed by atoms with Crippen LogP contribution in [0.4, 0.5) is 5.69 Å². The monoisotopic (exact) mass is 235 g/mol. The molecule has 0 aliphatic carbocycles. The third-order valence-electron chi connectivity index (χ3n) is 1.47. The predicted molar refractivity (Wildman–Crippen MR) is 62.8 cm³/mol. The Morgan fingerprint density at radius 2 is 2.08 bits per heavy atom. The number of nitro groups is 1. The Morgan fingerprint density at radius 1 is 1.46 bits per heavy atom. The predicted octanol–water partition coefficient (Wildman–Crippen LogP) is 3.08. The molecule has 0 bridgehead atoms. The lowest BCUT2D eigenvalue weighted by atomic mass is 10.3. The molecule has 0 amide bonds. The maximum absolute atomic E-state index is 10.4. The topological polar surface area (TPSA) is 43.1 Å². The smallest absolute Gasteiger partial charge is 0.258 e. The first-order chi connectivity index (χ1) is 5.91. The van der Waals surface area contributed by atoms with Gasteiger partial charge in [0.1, 0.15) is 0 Å². The zero-order chi connectivity index (χ0) is 10.1. The number of hydrogen-bond acceptors (Lipinski definition) is 4. The minimum atomic E-state index is -1.47. The van der Waals surface area contributed by atoms with Crippen LogP contribution < -0.4 is 0 Å².